The fourth-order valence-electron chi connectivity index (χ4n) is 3.48. The van der Waals surface area contributed by atoms with Gasteiger partial charge in [0.1, 0.15) is 5.82 Å². The van der Waals surface area contributed by atoms with Crippen molar-refractivity contribution in [1.82, 2.24) is 9.97 Å². The van der Waals surface area contributed by atoms with E-state index < -0.39 is 9.84 Å². The molecule has 0 N–H and O–H groups in total. The van der Waals surface area contributed by atoms with Gasteiger partial charge < -0.3 is 9.80 Å². The summed E-state index contributed by atoms with van der Waals surface area (Å²) in [6.07, 6.45) is 4.85. The van der Waals surface area contributed by atoms with Crippen LogP contribution >= 0.6 is 0 Å². The Hall–Kier alpha value is -1.37. The summed E-state index contributed by atoms with van der Waals surface area (Å²) < 4.78 is 23.5. The third kappa shape index (κ3) is 3.76. The molecule has 0 amide bonds. The summed E-state index contributed by atoms with van der Waals surface area (Å²) in [5.74, 6) is 2.89. The molecule has 0 radical (unpaired) electrons. The number of rotatable bonds is 4. The van der Waals surface area contributed by atoms with E-state index in [0.717, 1.165) is 31.4 Å². The van der Waals surface area contributed by atoms with Gasteiger partial charge in [0.15, 0.2) is 9.84 Å². The number of hydrogen-bond acceptors (Lipinski definition) is 6. The smallest absolute Gasteiger partial charge is 0.227 e. The Bertz CT molecular complexity index is 641. The lowest BCUT2D eigenvalue weighted by Gasteiger charge is -2.32. The second-order valence-corrected chi connectivity index (χ2v) is 8.96. The number of aromatic nitrogens is 2. The van der Waals surface area contributed by atoms with Gasteiger partial charge in [-0.25, -0.2) is 13.4 Å². The summed E-state index contributed by atoms with van der Waals surface area (Å²) in [6.45, 7) is 7.11. The van der Waals surface area contributed by atoms with Crippen LogP contribution in [-0.4, -0.2) is 55.6 Å². The molecule has 0 saturated carbocycles. The highest BCUT2D eigenvalue weighted by Gasteiger charge is 2.33. The summed E-state index contributed by atoms with van der Waals surface area (Å²) in [6, 6.07) is 1.96. The van der Waals surface area contributed by atoms with Crippen molar-refractivity contribution in [2.75, 3.05) is 40.9 Å². The monoisotopic (exact) mass is 338 g/mol. The fourth-order valence-corrected chi connectivity index (χ4v) is 5.21. The van der Waals surface area contributed by atoms with Gasteiger partial charge in [-0.2, -0.15) is 4.98 Å². The van der Waals surface area contributed by atoms with Crippen molar-refractivity contribution in [3.05, 3.63) is 12.3 Å². The number of anilines is 2. The van der Waals surface area contributed by atoms with E-state index >= 15 is 0 Å². The SMILES string of the molecule is CCN(c1nccc(N2CCC(C)CC2)n1)C1CCS(=O)(=O)C1. The van der Waals surface area contributed by atoms with Crippen LogP contribution in [0.25, 0.3) is 0 Å². The van der Waals surface area contributed by atoms with Crippen LogP contribution in [0.3, 0.4) is 0 Å². The minimum atomic E-state index is -2.90. The van der Waals surface area contributed by atoms with Gasteiger partial charge in [0.2, 0.25) is 5.95 Å². The second kappa shape index (κ2) is 6.63. The molecule has 3 heterocycles. The molecule has 2 saturated heterocycles. The Morgan fingerprint density at radius 1 is 1.30 bits per heavy atom. The van der Waals surface area contributed by atoms with Gasteiger partial charge in [-0.15, -0.1) is 0 Å². The lowest BCUT2D eigenvalue weighted by molar-refractivity contribution is 0.436. The minimum absolute atomic E-state index is 0.00151. The zero-order chi connectivity index (χ0) is 16.4. The Morgan fingerprint density at radius 3 is 2.65 bits per heavy atom. The van der Waals surface area contributed by atoms with E-state index in [0.29, 0.717) is 12.4 Å². The highest BCUT2D eigenvalue weighted by molar-refractivity contribution is 7.91. The maximum absolute atomic E-state index is 11.8. The molecule has 0 aliphatic carbocycles. The highest BCUT2D eigenvalue weighted by atomic mass is 32.2. The molecular formula is C16H26N4O2S. The first-order chi connectivity index (χ1) is 11.0. The van der Waals surface area contributed by atoms with Gasteiger partial charge in [-0.1, -0.05) is 6.92 Å². The van der Waals surface area contributed by atoms with Gasteiger partial charge in [0.25, 0.3) is 0 Å². The molecule has 1 unspecified atom stereocenters. The van der Waals surface area contributed by atoms with E-state index in [2.05, 4.69) is 16.8 Å². The molecule has 1 aromatic rings. The molecule has 0 aromatic carbocycles. The molecule has 128 valence electrons. The molecule has 1 atom stereocenters. The first kappa shape index (κ1) is 16.5. The molecule has 0 bridgehead atoms. The van der Waals surface area contributed by atoms with Crippen LogP contribution in [0.5, 0.6) is 0 Å². The summed E-state index contributed by atoms with van der Waals surface area (Å²) >= 11 is 0. The number of piperidine rings is 1. The summed E-state index contributed by atoms with van der Waals surface area (Å²) in [5, 5.41) is 0. The highest BCUT2D eigenvalue weighted by Crippen LogP contribution is 2.25. The Balaban J connectivity index is 1.78. The van der Waals surface area contributed by atoms with Crippen molar-refractivity contribution < 1.29 is 8.42 Å². The van der Waals surface area contributed by atoms with Gasteiger partial charge in [-0.05, 0) is 38.2 Å². The fraction of sp³-hybridized carbons (Fsp3) is 0.750. The van der Waals surface area contributed by atoms with Crippen LogP contribution in [-0.2, 0) is 9.84 Å². The van der Waals surface area contributed by atoms with E-state index in [1.54, 1.807) is 6.20 Å². The third-order valence-corrected chi connectivity index (χ3v) is 6.73. The van der Waals surface area contributed by atoms with Crippen LogP contribution in [0.1, 0.15) is 33.1 Å². The third-order valence-electron chi connectivity index (χ3n) is 4.98. The number of nitrogens with zero attached hydrogens (tertiary/aromatic N) is 4. The maximum atomic E-state index is 11.8. The lowest BCUT2D eigenvalue weighted by atomic mass is 9.99. The zero-order valence-corrected chi connectivity index (χ0v) is 14.8. The van der Waals surface area contributed by atoms with Crippen molar-refractivity contribution in [2.24, 2.45) is 5.92 Å². The van der Waals surface area contributed by atoms with E-state index in [9.17, 15) is 8.42 Å². The molecule has 3 rings (SSSR count). The first-order valence-corrected chi connectivity index (χ1v) is 10.4. The number of sulfone groups is 1. The van der Waals surface area contributed by atoms with E-state index in [4.69, 9.17) is 4.98 Å². The maximum Gasteiger partial charge on any atom is 0.227 e. The Kier molecular flexibility index (Phi) is 4.75. The van der Waals surface area contributed by atoms with E-state index in [1.807, 2.05) is 17.9 Å². The largest absolute Gasteiger partial charge is 0.356 e. The van der Waals surface area contributed by atoms with Crippen LogP contribution < -0.4 is 9.80 Å². The van der Waals surface area contributed by atoms with Crippen LogP contribution in [0.4, 0.5) is 11.8 Å². The summed E-state index contributed by atoms with van der Waals surface area (Å²) in [7, 11) is -2.90. The molecule has 1 aromatic heterocycles. The quantitative estimate of drug-likeness (QED) is 0.833. The van der Waals surface area contributed by atoms with Crippen LogP contribution in [0.15, 0.2) is 12.3 Å². The second-order valence-electron chi connectivity index (χ2n) is 6.73. The molecule has 2 fully saturated rings. The van der Waals surface area contributed by atoms with Crippen LogP contribution in [0, 0.1) is 5.92 Å². The lowest BCUT2D eigenvalue weighted by Crippen LogP contribution is -2.38. The van der Waals surface area contributed by atoms with E-state index in [1.165, 1.54) is 12.8 Å². The van der Waals surface area contributed by atoms with Crippen molar-refractivity contribution in [3.8, 4) is 0 Å². The normalized spacial score (nSPS) is 24.8. The Labute approximate surface area is 138 Å². The number of hydrogen-bond donors (Lipinski definition) is 0. The summed E-state index contributed by atoms with van der Waals surface area (Å²) in [5.41, 5.74) is 0. The van der Waals surface area contributed by atoms with Crippen molar-refractivity contribution >= 4 is 21.6 Å². The van der Waals surface area contributed by atoms with Crippen molar-refractivity contribution in [3.63, 3.8) is 0 Å². The predicted molar refractivity (Wildman–Crippen MR) is 92.7 cm³/mol. The Morgan fingerprint density at radius 2 is 2.04 bits per heavy atom. The van der Waals surface area contributed by atoms with Gasteiger partial charge in [0, 0.05) is 31.9 Å². The van der Waals surface area contributed by atoms with E-state index in [-0.39, 0.29) is 17.5 Å². The van der Waals surface area contributed by atoms with Crippen molar-refractivity contribution in [2.45, 2.75) is 39.2 Å². The topological polar surface area (TPSA) is 66.4 Å². The average Bonchev–Trinajstić information content (AvgIpc) is 2.89. The van der Waals surface area contributed by atoms with Crippen molar-refractivity contribution in [1.29, 1.82) is 0 Å². The molecule has 7 heteroatoms. The minimum Gasteiger partial charge on any atom is -0.356 e. The molecule has 23 heavy (non-hydrogen) atoms. The molecule has 0 spiro atoms. The molecule has 6 nitrogen and oxygen atoms in total. The van der Waals surface area contributed by atoms with Gasteiger partial charge >= 0.3 is 0 Å². The molecule has 2 aliphatic heterocycles. The molecule has 2 aliphatic rings. The zero-order valence-electron chi connectivity index (χ0n) is 14.0. The van der Waals surface area contributed by atoms with Gasteiger partial charge in [-0.3, -0.25) is 0 Å². The predicted octanol–water partition coefficient (Wildman–Crippen LogP) is 1.73. The standard InChI is InChI=1S/C16H26N4O2S/c1-3-20(14-7-11-23(21,22)12-14)16-17-8-4-15(18-16)19-9-5-13(2)6-10-19/h4,8,13-14H,3,5-7,9-12H2,1-2H3. The van der Waals surface area contributed by atoms with Crippen LogP contribution in [0.2, 0.25) is 0 Å². The average molecular weight is 338 g/mol. The molecular weight excluding hydrogens is 312 g/mol. The van der Waals surface area contributed by atoms with Gasteiger partial charge in [0.05, 0.1) is 11.5 Å². The first-order valence-electron chi connectivity index (χ1n) is 8.53. The summed E-state index contributed by atoms with van der Waals surface area (Å²) in [4.78, 5) is 13.5.